The fourth-order valence-corrected chi connectivity index (χ4v) is 3.30. The van der Waals surface area contributed by atoms with Gasteiger partial charge in [0.1, 0.15) is 5.69 Å². The molecule has 0 saturated heterocycles. The number of carbonyl (C=O) groups is 2. The monoisotopic (exact) mass is 433 g/mol. The molecular formula is C25H31N5O2. The van der Waals surface area contributed by atoms with Crippen molar-refractivity contribution in [2.45, 2.75) is 39.0 Å². The summed E-state index contributed by atoms with van der Waals surface area (Å²) in [5.41, 5.74) is 1.92. The fourth-order valence-electron chi connectivity index (χ4n) is 3.30. The largest absolute Gasteiger partial charge is 0.351 e. The second-order valence-electron chi connectivity index (χ2n) is 7.37. The molecule has 7 heteroatoms. The lowest BCUT2D eigenvalue weighted by atomic mass is 10.1. The number of fused-ring (bicyclic) bond motifs is 1. The van der Waals surface area contributed by atoms with Crippen molar-refractivity contribution in [2.75, 3.05) is 19.6 Å². The minimum atomic E-state index is -0.112. The van der Waals surface area contributed by atoms with Crippen molar-refractivity contribution in [3.05, 3.63) is 66.7 Å². The first kappa shape index (κ1) is 24.6. The number of H-pyrrole nitrogens is 1. The molecule has 2 rings (SSSR count). The van der Waals surface area contributed by atoms with Gasteiger partial charge in [-0.1, -0.05) is 31.6 Å². The Morgan fingerprint density at radius 1 is 1.31 bits per heavy atom. The number of amides is 2. The first-order chi connectivity index (χ1) is 15.6. The molecule has 32 heavy (non-hydrogen) atoms. The number of nitrogens with one attached hydrogen (secondary N) is 2. The second kappa shape index (κ2) is 13.6. The van der Waals surface area contributed by atoms with Gasteiger partial charge in [0.25, 0.3) is 5.91 Å². The third kappa shape index (κ3) is 7.88. The lowest BCUT2D eigenvalue weighted by Gasteiger charge is -2.20. The van der Waals surface area contributed by atoms with Gasteiger partial charge in [-0.25, -0.2) is 0 Å². The summed E-state index contributed by atoms with van der Waals surface area (Å²) < 4.78 is 0. The molecule has 2 heterocycles. The summed E-state index contributed by atoms with van der Waals surface area (Å²) in [5, 5.41) is 12.8. The summed E-state index contributed by atoms with van der Waals surface area (Å²) in [5.74, 6) is -0.0556. The van der Waals surface area contributed by atoms with E-state index in [0.29, 0.717) is 30.9 Å². The summed E-state index contributed by atoms with van der Waals surface area (Å²) in [6.45, 7) is 7.53. The van der Waals surface area contributed by atoms with E-state index >= 15 is 0 Å². The Hall–Kier alpha value is -3.66. The maximum absolute atomic E-state index is 12.3. The van der Waals surface area contributed by atoms with Crippen LogP contribution in [-0.2, 0) is 4.79 Å². The highest BCUT2D eigenvalue weighted by Crippen LogP contribution is 2.13. The van der Waals surface area contributed by atoms with E-state index in [1.165, 1.54) is 0 Å². The van der Waals surface area contributed by atoms with Crippen molar-refractivity contribution >= 4 is 22.7 Å². The maximum Gasteiger partial charge on any atom is 0.267 e. The summed E-state index contributed by atoms with van der Waals surface area (Å²) in [6.07, 6.45) is 14.0. The Labute approximate surface area is 189 Å². The molecule has 0 aliphatic heterocycles. The summed E-state index contributed by atoms with van der Waals surface area (Å²) in [7, 11) is 0. The molecule has 168 valence electrons. The average Bonchev–Trinajstić information content (AvgIpc) is 3.24. The SMILES string of the molecule is C=C/C=C(C#N)\C=C\CC(=O)N(CC)CCCCCCNC(=O)c1cc2cnccc2[nH]1. The van der Waals surface area contributed by atoms with Crippen LogP contribution in [0.5, 0.6) is 0 Å². The van der Waals surface area contributed by atoms with Gasteiger partial charge in [-0.2, -0.15) is 5.26 Å². The Balaban J connectivity index is 1.61. The predicted molar refractivity (Wildman–Crippen MR) is 127 cm³/mol. The number of allylic oxidation sites excluding steroid dienone is 4. The standard InChI is InChI=1S/C25H31N5O2/c1-3-10-20(18-26)11-9-12-24(31)30(4-2)16-8-6-5-7-14-28-25(32)23-17-21-19-27-15-13-22(21)29-23/h3,9-11,13,15,17,19,29H,1,4-8,12,14,16H2,2H3,(H,28,32)/b11-9+,20-10+. The highest BCUT2D eigenvalue weighted by molar-refractivity contribution is 5.97. The van der Waals surface area contributed by atoms with Gasteiger partial charge >= 0.3 is 0 Å². The van der Waals surface area contributed by atoms with Gasteiger partial charge in [0.15, 0.2) is 0 Å². The number of hydrogen-bond donors (Lipinski definition) is 2. The van der Waals surface area contributed by atoms with E-state index in [0.717, 1.165) is 36.6 Å². The van der Waals surface area contributed by atoms with Crippen LogP contribution in [0.25, 0.3) is 10.9 Å². The molecule has 0 unspecified atom stereocenters. The summed E-state index contributed by atoms with van der Waals surface area (Å²) in [6, 6.07) is 5.70. The van der Waals surface area contributed by atoms with Crippen molar-refractivity contribution in [3.8, 4) is 6.07 Å². The van der Waals surface area contributed by atoms with Gasteiger partial charge in [0.2, 0.25) is 5.91 Å². The van der Waals surface area contributed by atoms with E-state index in [1.54, 1.807) is 42.8 Å². The minimum absolute atomic E-state index is 0.0560. The molecular weight excluding hydrogens is 402 g/mol. The topological polar surface area (TPSA) is 102 Å². The molecule has 7 nitrogen and oxygen atoms in total. The third-order valence-corrected chi connectivity index (χ3v) is 5.06. The first-order valence-electron chi connectivity index (χ1n) is 11.0. The van der Waals surface area contributed by atoms with Crippen molar-refractivity contribution in [2.24, 2.45) is 0 Å². The molecule has 0 aliphatic rings. The second-order valence-corrected chi connectivity index (χ2v) is 7.37. The van der Waals surface area contributed by atoms with Crippen molar-refractivity contribution < 1.29 is 9.59 Å². The van der Waals surface area contributed by atoms with Gasteiger partial charge in [0.05, 0.1) is 11.6 Å². The van der Waals surface area contributed by atoms with E-state index in [2.05, 4.69) is 21.9 Å². The smallest absolute Gasteiger partial charge is 0.267 e. The Kier molecular flexibility index (Phi) is 10.5. The van der Waals surface area contributed by atoms with E-state index in [1.807, 2.05) is 24.0 Å². The summed E-state index contributed by atoms with van der Waals surface area (Å²) in [4.78, 5) is 33.6. The molecule has 2 amide bonds. The predicted octanol–water partition coefficient (Wildman–Crippen LogP) is 4.28. The van der Waals surface area contributed by atoms with Crippen LogP contribution in [0.15, 0.2) is 61.0 Å². The lowest BCUT2D eigenvalue weighted by molar-refractivity contribution is -0.130. The number of nitriles is 1. The van der Waals surface area contributed by atoms with Gasteiger partial charge in [-0.15, -0.1) is 0 Å². The number of aromatic amines is 1. The quantitative estimate of drug-likeness (QED) is 0.279. The number of unbranched alkanes of at least 4 members (excludes halogenated alkanes) is 3. The highest BCUT2D eigenvalue weighted by atomic mass is 16.2. The Morgan fingerprint density at radius 3 is 2.84 bits per heavy atom. The zero-order valence-electron chi connectivity index (χ0n) is 18.6. The van der Waals surface area contributed by atoms with Crippen molar-refractivity contribution in [3.63, 3.8) is 0 Å². The molecule has 0 atom stereocenters. The van der Waals surface area contributed by atoms with Crippen molar-refractivity contribution in [1.82, 2.24) is 20.2 Å². The van der Waals surface area contributed by atoms with Gasteiger partial charge < -0.3 is 15.2 Å². The van der Waals surface area contributed by atoms with Crippen LogP contribution < -0.4 is 5.32 Å². The third-order valence-electron chi connectivity index (χ3n) is 5.06. The van der Waals surface area contributed by atoms with E-state index in [4.69, 9.17) is 5.26 Å². The number of rotatable bonds is 13. The lowest BCUT2D eigenvalue weighted by Crippen LogP contribution is -2.31. The number of pyridine rings is 1. The zero-order valence-corrected chi connectivity index (χ0v) is 18.6. The Morgan fingerprint density at radius 2 is 2.12 bits per heavy atom. The number of aromatic nitrogens is 2. The molecule has 0 fully saturated rings. The Bertz CT molecular complexity index is 980. The average molecular weight is 434 g/mol. The van der Waals surface area contributed by atoms with Crippen LogP contribution in [0.2, 0.25) is 0 Å². The minimum Gasteiger partial charge on any atom is -0.351 e. The van der Waals surface area contributed by atoms with Gasteiger partial charge in [-0.3, -0.25) is 14.6 Å². The highest BCUT2D eigenvalue weighted by Gasteiger charge is 2.10. The van der Waals surface area contributed by atoms with Gasteiger partial charge in [0, 0.05) is 49.4 Å². The fraction of sp³-hybridized carbons (Fsp3) is 0.360. The molecule has 0 bridgehead atoms. The number of nitrogens with zero attached hydrogens (tertiary/aromatic N) is 3. The summed E-state index contributed by atoms with van der Waals surface area (Å²) >= 11 is 0. The van der Waals surface area contributed by atoms with Crippen LogP contribution in [0.3, 0.4) is 0 Å². The first-order valence-corrected chi connectivity index (χ1v) is 11.0. The van der Waals surface area contributed by atoms with E-state index in [9.17, 15) is 9.59 Å². The number of hydrogen-bond acceptors (Lipinski definition) is 4. The molecule has 2 N–H and O–H groups in total. The molecule has 0 aliphatic carbocycles. The molecule has 0 aromatic carbocycles. The van der Waals surface area contributed by atoms with Crippen LogP contribution in [0.4, 0.5) is 0 Å². The van der Waals surface area contributed by atoms with E-state index < -0.39 is 0 Å². The molecule has 2 aromatic rings. The molecule has 0 saturated carbocycles. The maximum atomic E-state index is 12.3. The van der Waals surface area contributed by atoms with Crippen LogP contribution in [-0.4, -0.2) is 46.3 Å². The van der Waals surface area contributed by atoms with Crippen LogP contribution >= 0.6 is 0 Å². The normalized spacial score (nSPS) is 11.4. The number of carbonyl (C=O) groups excluding carboxylic acids is 2. The molecule has 0 radical (unpaired) electrons. The zero-order chi connectivity index (χ0) is 23.2. The van der Waals surface area contributed by atoms with Crippen LogP contribution in [0.1, 0.15) is 49.5 Å². The van der Waals surface area contributed by atoms with Crippen molar-refractivity contribution in [1.29, 1.82) is 5.26 Å². The molecule has 0 spiro atoms. The molecule has 2 aromatic heterocycles. The van der Waals surface area contributed by atoms with Gasteiger partial charge in [-0.05, 0) is 44.1 Å². The van der Waals surface area contributed by atoms with E-state index in [-0.39, 0.29) is 18.2 Å². The van der Waals surface area contributed by atoms with Crippen LogP contribution in [0, 0.1) is 11.3 Å².